The van der Waals surface area contributed by atoms with Crippen molar-refractivity contribution in [2.24, 2.45) is 5.84 Å². The number of hydrogen-bond acceptors (Lipinski definition) is 4. The van der Waals surface area contributed by atoms with E-state index in [0.29, 0.717) is 0 Å². The molecule has 3 rings (SSSR count). The van der Waals surface area contributed by atoms with Crippen molar-refractivity contribution in [2.75, 3.05) is 0 Å². The van der Waals surface area contributed by atoms with Gasteiger partial charge in [0, 0.05) is 12.4 Å². The van der Waals surface area contributed by atoms with Crippen LogP contribution in [0, 0.1) is 6.92 Å². The van der Waals surface area contributed by atoms with E-state index in [4.69, 9.17) is 5.84 Å². The zero-order valence-electron chi connectivity index (χ0n) is 12.0. The molecule has 106 valence electrons. The fourth-order valence-electron chi connectivity index (χ4n) is 2.43. The van der Waals surface area contributed by atoms with Gasteiger partial charge in [-0.15, -0.1) is 0 Å². The van der Waals surface area contributed by atoms with E-state index in [1.54, 1.807) is 12.4 Å². The highest BCUT2D eigenvalue weighted by Gasteiger charge is 2.11. The number of nitrogens with one attached hydrogen (secondary N) is 1. The average molecular weight is 278 g/mol. The molecule has 21 heavy (non-hydrogen) atoms. The van der Waals surface area contributed by atoms with E-state index in [1.165, 1.54) is 11.1 Å². The fraction of sp³-hybridized carbons (Fsp3) is 0.176. The van der Waals surface area contributed by atoms with Gasteiger partial charge in [-0.25, -0.2) is 0 Å². The van der Waals surface area contributed by atoms with Crippen molar-refractivity contribution in [3.63, 3.8) is 0 Å². The van der Waals surface area contributed by atoms with Crippen LogP contribution in [0.2, 0.25) is 0 Å². The third-order valence-corrected chi connectivity index (χ3v) is 3.66. The first kappa shape index (κ1) is 13.7. The van der Waals surface area contributed by atoms with E-state index in [1.807, 2.05) is 12.1 Å². The molecule has 0 amide bonds. The van der Waals surface area contributed by atoms with Gasteiger partial charge in [0.05, 0.1) is 17.1 Å². The Morgan fingerprint density at radius 3 is 2.43 bits per heavy atom. The number of aryl methyl sites for hydroxylation is 1. The molecule has 0 saturated carbocycles. The van der Waals surface area contributed by atoms with E-state index in [9.17, 15) is 0 Å². The number of benzene rings is 2. The minimum atomic E-state index is 0.0547. The molecule has 4 heteroatoms. The van der Waals surface area contributed by atoms with Crippen molar-refractivity contribution >= 4 is 11.0 Å². The van der Waals surface area contributed by atoms with Gasteiger partial charge < -0.3 is 0 Å². The number of aromatic nitrogens is 2. The number of hydrogen-bond donors (Lipinski definition) is 2. The van der Waals surface area contributed by atoms with Gasteiger partial charge in [-0.1, -0.05) is 35.9 Å². The van der Waals surface area contributed by atoms with Crippen LogP contribution in [0.5, 0.6) is 0 Å². The second kappa shape index (κ2) is 5.99. The highest BCUT2D eigenvalue weighted by Crippen LogP contribution is 2.21. The minimum absolute atomic E-state index is 0.0547. The smallest absolute Gasteiger partial charge is 0.0890 e. The number of nitrogens with zero attached hydrogens (tertiary/aromatic N) is 2. The van der Waals surface area contributed by atoms with Crippen LogP contribution in [0.1, 0.15) is 22.7 Å². The molecule has 3 aromatic rings. The Bertz CT molecular complexity index is 737. The van der Waals surface area contributed by atoms with E-state index in [0.717, 1.165) is 23.0 Å². The number of nitrogens with two attached hydrogens (primary N) is 1. The second-order valence-corrected chi connectivity index (χ2v) is 5.21. The Morgan fingerprint density at radius 2 is 1.71 bits per heavy atom. The summed E-state index contributed by atoms with van der Waals surface area (Å²) in [5.74, 6) is 5.74. The molecule has 1 heterocycles. The van der Waals surface area contributed by atoms with Crippen LogP contribution in [0.15, 0.2) is 54.9 Å². The Hall–Kier alpha value is -2.30. The zero-order chi connectivity index (χ0) is 14.7. The van der Waals surface area contributed by atoms with Crippen LogP contribution in [-0.2, 0) is 6.42 Å². The molecule has 0 radical (unpaired) electrons. The number of fused-ring (bicyclic) bond motifs is 1. The van der Waals surface area contributed by atoms with Crippen molar-refractivity contribution in [1.82, 2.24) is 15.4 Å². The summed E-state index contributed by atoms with van der Waals surface area (Å²) >= 11 is 0. The first-order valence-corrected chi connectivity index (χ1v) is 6.98. The maximum Gasteiger partial charge on any atom is 0.0890 e. The largest absolute Gasteiger partial charge is 0.271 e. The lowest BCUT2D eigenvalue weighted by Gasteiger charge is -2.17. The molecular weight excluding hydrogens is 260 g/mol. The molecule has 0 aliphatic rings. The maximum absolute atomic E-state index is 5.74. The molecule has 4 nitrogen and oxygen atoms in total. The zero-order valence-corrected chi connectivity index (χ0v) is 12.0. The molecule has 0 aliphatic carbocycles. The number of hydrazine groups is 1. The van der Waals surface area contributed by atoms with Crippen LogP contribution >= 0.6 is 0 Å². The quantitative estimate of drug-likeness (QED) is 0.569. The third-order valence-electron chi connectivity index (χ3n) is 3.66. The van der Waals surface area contributed by atoms with Gasteiger partial charge in [0.1, 0.15) is 0 Å². The van der Waals surface area contributed by atoms with Gasteiger partial charge in [0.15, 0.2) is 0 Å². The van der Waals surface area contributed by atoms with Crippen molar-refractivity contribution in [2.45, 2.75) is 19.4 Å². The molecule has 2 aromatic carbocycles. The normalized spacial score (nSPS) is 12.5. The standard InChI is InChI=1S/C17H18N4/c1-12-2-4-13(5-3-12)10-16(21-18)14-6-7-15-17(11-14)20-9-8-19-15/h2-9,11,16,21H,10,18H2,1H3. The summed E-state index contributed by atoms with van der Waals surface area (Å²) in [6.07, 6.45) is 4.24. The first-order valence-electron chi connectivity index (χ1n) is 6.98. The molecule has 0 fully saturated rings. The van der Waals surface area contributed by atoms with Crippen molar-refractivity contribution in [3.05, 3.63) is 71.5 Å². The van der Waals surface area contributed by atoms with Gasteiger partial charge in [0.25, 0.3) is 0 Å². The predicted molar refractivity (Wildman–Crippen MR) is 84.5 cm³/mol. The van der Waals surface area contributed by atoms with Crippen LogP contribution in [0.4, 0.5) is 0 Å². The van der Waals surface area contributed by atoms with Crippen LogP contribution < -0.4 is 11.3 Å². The Morgan fingerprint density at radius 1 is 1.00 bits per heavy atom. The molecule has 0 spiro atoms. The molecule has 0 bridgehead atoms. The van der Waals surface area contributed by atoms with E-state index in [2.05, 4.69) is 52.6 Å². The third kappa shape index (κ3) is 3.07. The highest BCUT2D eigenvalue weighted by molar-refractivity contribution is 5.74. The second-order valence-electron chi connectivity index (χ2n) is 5.21. The monoisotopic (exact) mass is 278 g/mol. The Kier molecular flexibility index (Phi) is 3.90. The van der Waals surface area contributed by atoms with Crippen molar-refractivity contribution in [1.29, 1.82) is 0 Å². The predicted octanol–water partition coefficient (Wildman–Crippen LogP) is 2.69. The van der Waals surface area contributed by atoms with Crippen LogP contribution in [0.25, 0.3) is 11.0 Å². The molecule has 0 aliphatic heterocycles. The summed E-state index contributed by atoms with van der Waals surface area (Å²) in [4.78, 5) is 8.63. The Balaban J connectivity index is 1.88. The van der Waals surface area contributed by atoms with Gasteiger partial charge >= 0.3 is 0 Å². The van der Waals surface area contributed by atoms with Gasteiger partial charge in [-0.3, -0.25) is 21.2 Å². The van der Waals surface area contributed by atoms with E-state index < -0.39 is 0 Å². The topological polar surface area (TPSA) is 63.8 Å². The molecule has 1 aromatic heterocycles. The lowest BCUT2D eigenvalue weighted by Crippen LogP contribution is -2.29. The van der Waals surface area contributed by atoms with E-state index in [-0.39, 0.29) is 6.04 Å². The SMILES string of the molecule is Cc1ccc(CC(NN)c2ccc3nccnc3c2)cc1. The lowest BCUT2D eigenvalue weighted by molar-refractivity contribution is 0.552. The summed E-state index contributed by atoms with van der Waals surface area (Å²) in [6.45, 7) is 2.09. The summed E-state index contributed by atoms with van der Waals surface area (Å²) in [5, 5.41) is 0. The lowest BCUT2D eigenvalue weighted by atomic mass is 9.98. The van der Waals surface area contributed by atoms with Gasteiger partial charge in [-0.05, 0) is 36.6 Å². The molecule has 0 saturated heterocycles. The van der Waals surface area contributed by atoms with Crippen molar-refractivity contribution in [3.8, 4) is 0 Å². The van der Waals surface area contributed by atoms with Crippen LogP contribution in [-0.4, -0.2) is 9.97 Å². The maximum atomic E-state index is 5.74. The summed E-state index contributed by atoms with van der Waals surface area (Å²) < 4.78 is 0. The molecule has 1 atom stereocenters. The molecule has 1 unspecified atom stereocenters. The van der Waals surface area contributed by atoms with Crippen molar-refractivity contribution < 1.29 is 0 Å². The fourth-order valence-corrected chi connectivity index (χ4v) is 2.43. The minimum Gasteiger partial charge on any atom is -0.271 e. The van der Waals surface area contributed by atoms with Gasteiger partial charge in [-0.2, -0.15) is 0 Å². The number of rotatable bonds is 4. The summed E-state index contributed by atoms with van der Waals surface area (Å²) in [6, 6.07) is 14.7. The van der Waals surface area contributed by atoms with E-state index >= 15 is 0 Å². The molecule has 3 N–H and O–H groups in total. The average Bonchev–Trinajstić information content (AvgIpc) is 2.54. The molecular formula is C17H18N4. The first-order chi connectivity index (χ1) is 10.3. The van der Waals surface area contributed by atoms with Gasteiger partial charge in [0.2, 0.25) is 0 Å². The summed E-state index contributed by atoms with van der Waals surface area (Å²) in [5.41, 5.74) is 8.31. The summed E-state index contributed by atoms with van der Waals surface area (Å²) in [7, 11) is 0. The highest BCUT2D eigenvalue weighted by atomic mass is 15.2. The Labute approximate surface area is 124 Å². The van der Waals surface area contributed by atoms with Crippen LogP contribution in [0.3, 0.4) is 0 Å².